The topological polar surface area (TPSA) is 135 Å². The van der Waals surface area contributed by atoms with Crippen LogP contribution in [0.1, 0.15) is 5.56 Å². The molecule has 1 heterocycles. The number of nitrogens with zero attached hydrogens (tertiary/aromatic N) is 2. The van der Waals surface area contributed by atoms with Gasteiger partial charge in [0, 0.05) is 11.9 Å². The Kier molecular flexibility index (Phi) is 8.62. The minimum atomic E-state index is -4.17. The molecular formula is C27H25ClN4O6S2. The third-order valence-corrected chi connectivity index (χ3v) is 9.16. The number of rotatable bonds is 10. The van der Waals surface area contributed by atoms with Crippen LogP contribution < -0.4 is 19.1 Å². The molecule has 4 aromatic rings. The Bertz CT molecular complexity index is 1720. The number of sulfonamides is 2. The molecule has 3 aromatic carbocycles. The molecule has 0 aliphatic heterocycles. The first-order chi connectivity index (χ1) is 19.0. The van der Waals surface area contributed by atoms with Gasteiger partial charge >= 0.3 is 0 Å². The minimum Gasteiger partial charge on any atom is -0.495 e. The number of halogens is 1. The highest BCUT2D eigenvalue weighted by atomic mass is 35.5. The molecule has 208 valence electrons. The van der Waals surface area contributed by atoms with Gasteiger partial charge in [-0.25, -0.2) is 16.8 Å². The van der Waals surface area contributed by atoms with Crippen molar-refractivity contribution in [3.05, 3.63) is 102 Å². The Morgan fingerprint density at radius 3 is 2.20 bits per heavy atom. The van der Waals surface area contributed by atoms with Crippen LogP contribution >= 0.6 is 11.6 Å². The van der Waals surface area contributed by atoms with Crippen molar-refractivity contribution in [2.75, 3.05) is 28.0 Å². The summed E-state index contributed by atoms with van der Waals surface area (Å²) in [4.78, 5) is 16.9. The van der Waals surface area contributed by atoms with Crippen molar-refractivity contribution in [3.63, 3.8) is 0 Å². The lowest BCUT2D eigenvalue weighted by molar-refractivity contribution is -0.114. The molecule has 0 saturated heterocycles. The SMILES string of the molecule is COc1ccc(N(CC(=O)Nc2ccc(S(=O)(=O)Nc3cccnc3)cc2)S(=O)(=O)c2ccc(C)cc2)cc1Cl. The van der Waals surface area contributed by atoms with Gasteiger partial charge in [0.15, 0.2) is 0 Å². The number of carbonyl (C=O) groups is 1. The second-order valence-corrected chi connectivity index (χ2v) is 12.5. The Labute approximate surface area is 237 Å². The minimum absolute atomic E-state index is 0.00600. The fourth-order valence-corrected chi connectivity index (χ4v) is 6.36. The number of nitrogens with one attached hydrogen (secondary N) is 2. The maximum absolute atomic E-state index is 13.6. The number of ether oxygens (including phenoxy) is 1. The molecule has 0 aliphatic rings. The highest BCUT2D eigenvalue weighted by Crippen LogP contribution is 2.32. The van der Waals surface area contributed by atoms with Crippen molar-refractivity contribution in [2.24, 2.45) is 0 Å². The average molecular weight is 601 g/mol. The third-order valence-electron chi connectivity index (χ3n) is 5.68. The van der Waals surface area contributed by atoms with Crippen molar-refractivity contribution >= 4 is 54.6 Å². The van der Waals surface area contributed by atoms with Crippen molar-refractivity contribution in [1.29, 1.82) is 0 Å². The van der Waals surface area contributed by atoms with E-state index in [4.69, 9.17) is 16.3 Å². The molecule has 0 aliphatic carbocycles. The predicted molar refractivity (Wildman–Crippen MR) is 154 cm³/mol. The molecule has 0 saturated carbocycles. The van der Waals surface area contributed by atoms with Crippen LogP contribution in [0, 0.1) is 6.92 Å². The molecule has 1 amide bonds. The first-order valence-electron chi connectivity index (χ1n) is 11.8. The third kappa shape index (κ3) is 6.71. The summed E-state index contributed by atoms with van der Waals surface area (Å²) in [6, 6.07) is 19.2. The Morgan fingerprint density at radius 1 is 0.925 bits per heavy atom. The van der Waals surface area contributed by atoms with Crippen molar-refractivity contribution < 1.29 is 26.4 Å². The zero-order valence-corrected chi connectivity index (χ0v) is 23.8. The van der Waals surface area contributed by atoms with E-state index in [1.165, 1.54) is 74.1 Å². The van der Waals surface area contributed by atoms with Gasteiger partial charge in [0.1, 0.15) is 12.3 Å². The molecule has 0 radical (unpaired) electrons. The van der Waals surface area contributed by atoms with Gasteiger partial charge in [-0.15, -0.1) is 0 Å². The van der Waals surface area contributed by atoms with Gasteiger partial charge in [0.2, 0.25) is 5.91 Å². The number of hydrogen-bond donors (Lipinski definition) is 2. The lowest BCUT2D eigenvalue weighted by Gasteiger charge is -2.24. The van der Waals surface area contributed by atoms with E-state index >= 15 is 0 Å². The van der Waals surface area contributed by atoms with Crippen molar-refractivity contribution in [3.8, 4) is 5.75 Å². The molecule has 40 heavy (non-hydrogen) atoms. The van der Waals surface area contributed by atoms with Crippen LogP contribution in [0.15, 0.2) is 101 Å². The quantitative estimate of drug-likeness (QED) is 0.270. The number of methoxy groups -OCH3 is 1. The zero-order valence-electron chi connectivity index (χ0n) is 21.4. The van der Waals surface area contributed by atoms with E-state index in [2.05, 4.69) is 15.0 Å². The molecular weight excluding hydrogens is 576 g/mol. The summed E-state index contributed by atoms with van der Waals surface area (Å²) >= 11 is 6.25. The Morgan fingerprint density at radius 2 is 1.60 bits per heavy atom. The molecule has 10 nitrogen and oxygen atoms in total. The van der Waals surface area contributed by atoms with Gasteiger partial charge in [-0.2, -0.15) is 0 Å². The Hall–Kier alpha value is -4.13. The smallest absolute Gasteiger partial charge is 0.264 e. The molecule has 2 N–H and O–H groups in total. The van der Waals surface area contributed by atoms with Crippen LogP contribution in [0.3, 0.4) is 0 Å². The maximum atomic E-state index is 13.6. The van der Waals surface area contributed by atoms with Crippen LogP contribution in [0.25, 0.3) is 0 Å². The van der Waals surface area contributed by atoms with Gasteiger partial charge in [-0.3, -0.25) is 18.8 Å². The van der Waals surface area contributed by atoms with Crippen molar-refractivity contribution in [2.45, 2.75) is 16.7 Å². The van der Waals surface area contributed by atoms with E-state index in [1.54, 1.807) is 24.3 Å². The first-order valence-corrected chi connectivity index (χ1v) is 15.1. The number of aryl methyl sites for hydroxylation is 1. The summed E-state index contributed by atoms with van der Waals surface area (Å²) < 4.78 is 61.0. The number of carbonyl (C=O) groups excluding carboxylic acids is 1. The highest BCUT2D eigenvalue weighted by molar-refractivity contribution is 7.93. The molecule has 0 spiro atoms. The number of aromatic nitrogens is 1. The van der Waals surface area contributed by atoms with E-state index in [9.17, 15) is 21.6 Å². The van der Waals surface area contributed by atoms with Crippen LogP contribution in [0.5, 0.6) is 5.75 Å². The summed E-state index contributed by atoms with van der Waals surface area (Å²) in [7, 11) is -6.63. The summed E-state index contributed by atoms with van der Waals surface area (Å²) in [6.07, 6.45) is 2.89. The van der Waals surface area contributed by atoms with E-state index in [1.807, 2.05) is 6.92 Å². The van der Waals surface area contributed by atoms with Crippen LogP contribution in [0.4, 0.5) is 17.1 Å². The predicted octanol–water partition coefficient (Wildman–Crippen LogP) is 4.69. The van der Waals surface area contributed by atoms with Gasteiger partial charge in [0.05, 0.1) is 39.5 Å². The van der Waals surface area contributed by atoms with E-state index in [0.717, 1.165) is 9.87 Å². The lowest BCUT2D eigenvalue weighted by Crippen LogP contribution is -2.38. The van der Waals surface area contributed by atoms with Gasteiger partial charge in [0.25, 0.3) is 20.0 Å². The van der Waals surface area contributed by atoms with E-state index < -0.39 is 32.5 Å². The highest BCUT2D eigenvalue weighted by Gasteiger charge is 2.28. The summed E-state index contributed by atoms with van der Waals surface area (Å²) in [6.45, 7) is 1.25. The number of hydrogen-bond acceptors (Lipinski definition) is 7. The standard InChI is InChI=1S/C27H25ClN4O6S2/c1-19-5-10-24(11-6-19)40(36,37)32(22-9-14-26(38-2)25(28)16-22)18-27(33)30-20-7-12-23(13-8-20)39(34,35)31-21-4-3-15-29-17-21/h3-17,31H,18H2,1-2H3,(H,30,33). The second kappa shape index (κ2) is 11.9. The fourth-order valence-electron chi connectivity index (χ4n) is 3.65. The van der Waals surface area contributed by atoms with Crippen molar-refractivity contribution in [1.82, 2.24) is 4.98 Å². The molecule has 0 bridgehead atoms. The van der Waals surface area contributed by atoms with Crippen LogP contribution in [-0.4, -0.2) is 41.4 Å². The molecule has 13 heteroatoms. The lowest BCUT2D eigenvalue weighted by atomic mass is 10.2. The van der Waals surface area contributed by atoms with E-state index in [-0.39, 0.29) is 26.2 Å². The number of benzene rings is 3. The monoisotopic (exact) mass is 600 g/mol. The summed E-state index contributed by atoms with van der Waals surface area (Å²) in [5, 5.41) is 2.78. The maximum Gasteiger partial charge on any atom is 0.264 e. The number of amides is 1. The van der Waals surface area contributed by atoms with Crippen LogP contribution in [0.2, 0.25) is 5.02 Å². The first kappa shape index (κ1) is 28.9. The average Bonchev–Trinajstić information content (AvgIpc) is 2.92. The zero-order chi connectivity index (χ0) is 28.9. The second-order valence-electron chi connectivity index (χ2n) is 8.56. The van der Waals surface area contributed by atoms with Gasteiger partial charge in [-0.05, 0) is 73.7 Å². The van der Waals surface area contributed by atoms with Gasteiger partial charge in [-0.1, -0.05) is 29.3 Å². The Balaban J connectivity index is 1.56. The normalized spacial score (nSPS) is 11.5. The molecule has 0 fully saturated rings. The molecule has 4 rings (SSSR count). The largest absolute Gasteiger partial charge is 0.495 e. The summed E-state index contributed by atoms with van der Waals surface area (Å²) in [5.41, 5.74) is 1.60. The van der Waals surface area contributed by atoms with E-state index in [0.29, 0.717) is 11.4 Å². The summed E-state index contributed by atoms with van der Waals surface area (Å²) in [5.74, 6) is -0.317. The number of pyridine rings is 1. The van der Waals surface area contributed by atoms with Crippen LogP contribution in [-0.2, 0) is 24.8 Å². The number of anilines is 3. The van der Waals surface area contributed by atoms with Gasteiger partial charge < -0.3 is 10.1 Å². The molecule has 0 unspecified atom stereocenters. The molecule has 0 atom stereocenters. The molecule has 1 aromatic heterocycles. The fraction of sp³-hybridized carbons (Fsp3) is 0.111.